The summed E-state index contributed by atoms with van der Waals surface area (Å²) in [5.41, 5.74) is 5.53. The molecule has 0 bridgehead atoms. The van der Waals surface area contributed by atoms with Crippen molar-refractivity contribution in [3.8, 4) is 0 Å². The molecule has 0 saturated carbocycles. The van der Waals surface area contributed by atoms with Gasteiger partial charge in [-0.05, 0) is 27.2 Å². The first-order chi connectivity index (χ1) is 8.29. The molecule has 0 aromatic heterocycles. The topological polar surface area (TPSA) is 84.2 Å². The first-order valence-corrected chi connectivity index (χ1v) is 6.60. The predicted octanol–water partition coefficient (Wildman–Crippen LogP) is 0.718. The SMILES string of the molecule is CCCC(C(=O)NC(C)C(=O)NC(C)C)C(N)=S. The van der Waals surface area contributed by atoms with Crippen LogP contribution in [0.2, 0.25) is 0 Å². The van der Waals surface area contributed by atoms with Gasteiger partial charge in [0.05, 0.1) is 10.9 Å². The maximum atomic E-state index is 11.9. The molecule has 2 unspecified atom stereocenters. The minimum atomic E-state index is -0.589. The van der Waals surface area contributed by atoms with Crippen LogP contribution in [0.3, 0.4) is 0 Å². The average molecular weight is 273 g/mol. The van der Waals surface area contributed by atoms with Crippen molar-refractivity contribution in [2.75, 3.05) is 0 Å². The molecule has 0 fully saturated rings. The Labute approximate surface area is 114 Å². The molecule has 0 aromatic carbocycles. The molecule has 18 heavy (non-hydrogen) atoms. The third-order valence-corrected chi connectivity index (χ3v) is 2.70. The summed E-state index contributed by atoms with van der Waals surface area (Å²) in [6, 6.07) is -0.549. The van der Waals surface area contributed by atoms with E-state index in [9.17, 15) is 9.59 Å². The van der Waals surface area contributed by atoms with E-state index in [1.54, 1.807) is 6.92 Å². The standard InChI is InChI=1S/C12H23N3O2S/c1-5-6-9(10(13)18)12(17)15-8(4)11(16)14-7(2)3/h7-9H,5-6H2,1-4H3,(H2,13,18)(H,14,16)(H,15,17). The molecule has 0 radical (unpaired) electrons. The normalized spacial score (nSPS) is 13.8. The molecule has 0 rings (SSSR count). The third-order valence-electron chi connectivity index (χ3n) is 2.42. The molecular weight excluding hydrogens is 250 g/mol. The van der Waals surface area contributed by atoms with Gasteiger partial charge < -0.3 is 16.4 Å². The van der Waals surface area contributed by atoms with Crippen LogP contribution >= 0.6 is 12.2 Å². The molecular formula is C12H23N3O2S. The van der Waals surface area contributed by atoms with E-state index in [1.165, 1.54) is 0 Å². The van der Waals surface area contributed by atoms with Crippen molar-refractivity contribution in [2.24, 2.45) is 11.7 Å². The summed E-state index contributed by atoms with van der Waals surface area (Å²) < 4.78 is 0. The summed E-state index contributed by atoms with van der Waals surface area (Å²) in [4.78, 5) is 23.7. The molecule has 2 amide bonds. The lowest BCUT2D eigenvalue weighted by Crippen LogP contribution is -2.49. The molecule has 0 heterocycles. The molecule has 6 heteroatoms. The number of carbonyl (C=O) groups is 2. The Hall–Kier alpha value is -1.17. The van der Waals surface area contributed by atoms with Crippen LogP contribution in [0.15, 0.2) is 0 Å². The highest BCUT2D eigenvalue weighted by molar-refractivity contribution is 7.80. The van der Waals surface area contributed by atoms with E-state index >= 15 is 0 Å². The van der Waals surface area contributed by atoms with Gasteiger partial charge in [-0.3, -0.25) is 9.59 Å². The molecule has 2 atom stereocenters. The van der Waals surface area contributed by atoms with E-state index < -0.39 is 12.0 Å². The number of amides is 2. The maximum Gasteiger partial charge on any atom is 0.242 e. The van der Waals surface area contributed by atoms with E-state index in [0.717, 1.165) is 6.42 Å². The summed E-state index contributed by atoms with van der Waals surface area (Å²) in [6.07, 6.45) is 1.40. The van der Waals surface area contributed by atoms with Crippen molar-refractivity contribution in [2.45, 2.75) is 52.6 Å². The lowest BCUT2D eigenvalue weighted by atomic mass is 10.0. The Kier molecular flexibility index (Phi) is 7.50. The number of nitrogens with two attached hydrogens (primary N) is 1. The van der Waals surface area contributed by atoms with Gasteiger partial charge in [-0.1, -0.05) is 25.6 Å². The Morgan fingerprint density at radius 3 is 2.11 bits per heavy atom. The minimum Gasteiger partial charge on any atom is -0.393 e. The Morgan fingerprint density at radius 2 is 1.72 bits per heavy atom. The first-order valence-electron chi connectivity index (χ1n) is 6.19. The molecule has 4 N–H and O–H groups in total. The predicted molar refractivity (Wildman–Crippen MR) is 76.1 cm³/mol. The zero-order valence-corrected chi connectivity index (χ0v) is 12.3. The number of nitrogens with one attached hydrogen (secondary N) is 2. The summed E-state index contributed by atoms with van der Waals surface area (Å²) in [5.74, 6) is -0.994. The lowest BCUT2D eigenvalue weighted by molar-refractivity contribution is -0.130. The van der Waals surface area contributed by atoms with Gasteiger partial charge >= 0.3 is 0 Å². The summed E-state index contributed by atoms with van der Waals surface area (Å²) in [7, 11) is 0. The van der Waals surface area contributed by atoms with Gasteiger partial charge in [0.2, 0.25) is 11.8 Å². The van der Waals surface area contributed by atoms with E-state index in [-0.39, 0.29) is 22.8 Å². The van der Waals surface area contributed by atoms with Gasteiger partial charge in [0, 0.05) is 6.04 Å². The molecule has 104 valence electrons. The molecule has 0 aliphatic carbocycles. The zero-order valence-electron chi connectivity index (χ0n) is 11.4. The van der Waals surface area contributed by atoms with Crippen LogP contribution in [-0.2, 0) is 9.59 Å². The van der Waals surface area contributed by atoms with Crippen LogP contribution in [0.5, 0.6) is 0 Å². The van der Waals surface area contributed by atoms with Crippen molar-refractivity contribution >= 4 is 29.0 Å². The fourth-order valence-electron chi connectivity index (χ4n) is 1.48. The average Bonchev–Trinajstić information content (AvgIpc) is 2.23. The van der Waals surface area contributed by atoms with Crippen LogP contribution < -0.4 is 16.4 Å². The second-order valence-electron chi connectivity index (χ2n) is 4.64. The van der Waals surface area contributed by atoms with Crippen molar-refractivity contribution in [1.29, 1.82) is 0 Å². The van der Waals surface area contributed by atoms with Crippen LogP contribution in [0.4, 0.5) is 0 Å². The maximum absolute atomic E-state index is 11.9. The third kappa shape index (κ3) is 5.95. The number of rotatable bonds is 7. The smallest absolute Gasteiger partial charge is 0.242 e. The summed E-state index contributed by atoms with van der Waals surface area (Å²) in [6.45, 7) is 7.31. The van der Waals surface area contributed by atoms with Gasteiger partial charge in [0.1, 0.15) is 6.04 Å². The summed E-state index contributed by atoms with van der Waals surface area (Å²) >= 11 is 4.86. The Balaban J connectivity index is 4.44. The van der Waals surface area contributed by atoms with Crippen LogP contribution in [0.25, 0.3) is 0 Å². The number of hydrogen-bond donors (Lipinski definition) is 3. The highest BCUT2D eigenvalue weighted by atomic mass is 32.1. The molecule has 0 saturated heterocycles. The number of thiocarbonyl (C=S) groups is 1. The Bertz CT molecular complexity index is 318. The molecule has 5 nitrogen and oxygen atoms in total. The number of hydrogen-bond acceptors (Lipinski definition) is 3. The largest absolute Gasteiger partial charge is 0.393 e. The monoisotopic (exact) mass is 273 g/mol. The van der Waals surface area contributed by atoms with Gasteiger partial charge in [0.15, 0.2) is 0 Å². The van der Waals surface area contributed by atoms with Gasteiger partial charge in [0.25, 0.3) is 0 Å². The molecule has 0 aromatic rings. The van der Waals surface area contributed by atoms with Crippen LogP contribution in [0, 0.1) is 5.92 Å². The fourth-order valence-corrected chi connectivity index (χ4v) is 1.71. The molecule has 0 aliphatic heterocycles. The zero-order chi connectivity index (χ0) is 14.3. The second kappa shape index (κ2) is 8.02. The van der Waals surface area contributed by atoms with Gasteiger partial charge in [-0.15, -0.1) is 0 Å². The first kappa shape index (κ1) is 16.8. The van der Waals surface area contributed by atoms with E-state index in [1.807, 2.05) is 20.8 Å². The highest BCUT2D eigenvalue weighted by Gasteiger charge is 2.24. The van der Waals surface area contributed by atoms with E-state index in [2.05, 4.69) is 10.6 Å². The lowest BCUT2D eigenvalue weighted by Gasteiger charge is -2.19. The summed E-state index contributed by atoms with van der Waals surface area (Å²) in [5, 5.41) is 5.36. The number of carbonyl (C=O) groups excluding carboxylic acids is 2. The van der Waals surface area contributed by atoms with Crippen molar-refractivity contribution < 1.29 is 9.59 Å². The van der Waals surface area contributed by atoms with Gasteiger partial charge in [-0.2, -0.15) is 0 Å². The van der Waals surface area contributed by atoms with Gasteiger partial charge in [-0.25, -0.2) is 0 Å². The Morgan fingerprint density at radius 1 is 1.17 bits per heavy atom. The van der Waals surface area contributed by atoms with E-state index in [0.29, 0.717) is 6.42 Å². The van der Waals surface area contributed by atoms with Crippen molar-refractivity contribution in [3.63, 3.8) is 0 Å². The van der Waals surface area contributed by atoms with Crippen molar-refractivity contribution in [3.05, 3.63) is 0 Å². The fraction of sp³-hybridized carbons (Fsp3) is 0.750. The quantitative estimate of drug-likeness (QED) is 0.597. The highest BCUT2D eigenvalue weighted by Crippen LogP contribution is 2.07. The van der Waals surface area contributed by atoms with Crippen LogP contribution in [0.1, 0.15) is 40.5 Å². The van der Waals surface area contributed by atoms with E-state index in [4.69, 9.17) is 18.0 Å². The van der Waals surface area contributed by atoms with Crippen molar-refractivity contribution in [1.82, 2.24) is 10.6 Å². The minimum absolute atomic E-state index is 0.0406. The van der Waals surface area contributed by atoms with Crippen LogP contribution in [-0.4, -0.2) is 28.9 Å². The second-order valence-corrected chi connectivity index (χ2v) is 5.11. The molecule has 0 spiro atoms. The molecule has 0 aliphatic rings.